The number of carbonyl (C=O) groups is 3. The van der Waals surface area contributed by atoms with Crippen molar-refractivity contribution >= 4 is 25.7 Å². The first kappa shape index (κ1) is 43.7. The molecule has 0 aliphatic heterocycles. The molecule has 264 valence electrons. The van der Waals surface area contributed by atoms with Crippen molar-refractivity contribution in [2.24, 2.45) is 0 Å². The molecule has 0 aromatic rings. The molecule has 0 radical (unpaired) electrons. The number of carbonyl (C=O) groups excluding carboxylic acids is 2. The highest BCUT2D eigenvalue weighted by atomic mass is 31.2. The van der Waals surface area contributed by atoms with Crippen molar-refractivity contribution in [2.45, 2.75) is 96.6 Å². The number of aliphatic hydroxyl groups is 1. The highest BCUT2D eigenvalue weighted by Gasteiger charge is 2.28. The summed E-state index contributed by atoms with van der Waals surface area (Å²) in [6, 6.07) is -1.60. The van der Waals surface area contributed by atoms with Gasteiger partial charge in [0.25, 0.3) is 0 Å². The Morgan fingerprint density at radius 3 is 1.60 bits per heavy atom. The molecule has 3 unspecified atom stereocenters. The van der Waals surface area contributed by atoms with Crippen molar-refractivity contribution in [1.29, 1.82) is 0 Å². The van der Waals surface area contributed by atoms with E-state index in [0.29, 0.717) is 12.8 Å². The van der Waals surface area contributed by atoms with E-state index in [1.54, 1.807) is 12.2 Å². The van der Waals surface area contributed by atoms with E-state index in [0.717, 1.165) is 44.9 Å². The summed E-state index contributed by atoms with van der Waals surface area (Å²) < 4.78 is 26.2. The van der Waals surface area contributed by atoms with Gasteiger partial charge in [0.2, 0.25) is 5.91 Å². The van der Waals surface area contributed by atoms with E-state index >= 15 is 0 Å². The normalized spacial score (nSPS) is 15.1. The lowest BCUT2D eigenvalue weighted by atomic mass is 10.2. The van der Waals surface area contributed by atoms with E-state index in [-0.39, 0.29) is 12.8 Å². The fourth-order valence-electron chi connectivity index (χ4n) is 3.43. The molecule has 0 spiro atoms. The third-order valence-electron chi connectivity index (χ3n) is 5.98. The first-order valence-corrected chi connectivity index (χ1v) is 17.6. The second kappa shape index (κ2) is 30.0. The van der Waals surface area contributed by atoms with Crippen LogP contribution in [0.1, 0.15) is 84.5 Å². The molecule has 0 aliphatic rings. The number of ether oxygens (including phenoxy) is 1. The molecule has 0 heterocycles. The summed E-state index contributed by atoms with van der Waals surface area (Å²) in [5.41, 5.74) is 0. The van der Waals surface area contributed by atoms with Crippen LogP contribution in [0.3, 0.4) is 0 Å². The molecular weight excluding hydrogens is 625 g/mol. The zero-order chi connectivity index (χ0) is 35.0. The van der Waals surface area contributed by atoms with Crippen LogP contribution in [-0.2, 0) is 32.7 Å². The Morgan fingerprint density at radius 2 is 1.15 bits per heavy atom. The lowest BCUT2D eigenvalue weighted by molar-refractivity contribution is -0.147. The molecule has 0 saturated carbocycles. The molecule has 12 heteroatoms. The summed E-state index contributed by atoms with van der Waals surface area (Å²) in [6.07, 6.45) is 35.1. The molecule has 0 fully saturated rings. The Bertz CT molecular complexity index is 1120. The number of aliphatic hydroxyl groups excluding tert-OH is 1. The van der Waals surface area contributed by atoms with Crippen LogP contribution in [-0.4, -0.2) is 64.9 Å². The van der Waals surface area contributed by atoms with Crippen molar-refractivity contribution in [1.82, 2.24) is 5.32 Å². The highest BCUT2D eigenvalue weighted by Crippen LogP contribution is 2.43. The molecule has 0 saturated heterocycles. The second-order valence-electron chi connectivity index (χ2n) is 10.3. The van der Waals surface area contributed by atoms with Crippen LogP contribution in [0, 0.1) is 0 Å². The third kappa shape index (κ3) is 29.8. The number of esters is 1. The fourth-order valence-corrected chi connectivity index (χ4v) is 4.20. The summed E-state index contributed by atoms with van der Waals surface area (Å²) in [4.78, 5) is 44.8. The predicted octanol–water partition coefficient (Wildman–Crippen LogP) is 6.82. The van der Waals surface area contributed by atoms with Crippen LogP contribution in [0.25, 0.3) is 0 Å². The number of nitrogens with one attached hydrogen (secondary N) is 1. The van der Waals surface area contributed by atoms with Gasteiger partial charge in [0.15, 0.2) is 6.04 Å². The average Bonchev–Trinajstić information content (AvgIpc) is 3.04. The largest absolute Gasteiger partial charge is 0.480 e. The number of allylic oxidation sites excluding steroid dienone is 13. The Kier molecular flexibility index (Phi) is 27.9. The maximum absolute atomic E-state index is 12.1. The van der Waals surface area contributed by atoms with Gasteiger partial charge in [-0.25, -0.2) is 9.36 Å². The summed E-state index contributed by atoms with van der Waals surface area (Å²) >= 11 is 0. The van der Waals surface area contributed by atoms with Gasteiger partial charge in [0, 0.05) is 12.8 Å². The first-order valence-electron chi connectivity index (χ1n) is 16.1. The van der Waals surface area contributed by atoms with Gasteiger partial charge in [-0.15, -0.1) is 0 Å². The van der Waals surface area contributed by atoms with E-state index in [4.69, 9.17) is 4.74 Å². The lowest BCUT2D eigenvalue weighted by Crippen LogP contribution is -2.43. The minimum Gasteiger partial charge on any atom is -0.480 e. The van der Waals surface area contributed by atoms with Crippen molar-refractivity contribution in [3.63, 3.8) is 0 Å². The third-order valence-corrected chi connectivity index (χ3v) is 6.93. The Morgan fingerprint density at radius 1 is 0.702 bits per heavy atom. The zero-order valence-electron chi connectivity index (χ0n) is 27.8. The standard InChI is InChI=1S/C35H54NO10P/c1-3-5-7-8-9-10-11-12-13-14-15-16-17-18-19-20-21-22-23-24-25-26-33(38)36-32(35(40)41)30-46-47(42,43)45-29-31(37)28-44-34(39)27-6-4-2/h5,7,9-10,12-13,15-16,18-19,21-22,24-25,31-32,37H,3-4,6,8,11,14,17,20,23,26-30H2,1-2H3,(H,36,38)(H,40,41)(H,42,43)/b7-5-,10-9-,13-12-,16-15-,19-18-,22-21-,25-24-. The molecule has 0 aliphatic carbocycles. The fraction of sp³-hybridized carbons (Fsp3) is 0.514. The summed E-state index contributed by atoms with van der Waals surface area (Å²) in [7, 11) is -4.76. The number of hydrogen-bond acceptors (Lipinski definition) is 8. The number of hydrogen-bond donors (Lipinski definition) is 4. The maximum Gasteiger partial charge on any atom is 0.472 e. The summed E-state index contributed by atoms with van der Waals surface area (Å²) in [6.45, 7) is 2.05. The van der Waals surface area contributed by atoms with E-state index in [1.165, 1.54) is 0 Å². The van der Waals surface area contributed by atoms with Gasteiger partial charge < -0.3 is 25.2 Å². The van der Waals surface area contributed by atoms with Crippen LogP contribution in [0.5, 0.6) is 0 Å². The van der Waals surface area contributed by atoms with Gasteiger partial charge in [-0.3, -0.25) is 18.6 Å². The number of aliphatic carboxylic acids is 1. The minimum atomic E-state index is -4.76. The van der Waals surface area contributed by atoms with Crippen LogP contribution >= 0.6 is 7.82 Å². The van der Waals surface area contributed by atoms with Gasteiger partial charge in [-0.1, -0.05) is 105 Å². The number of carboxylic acid groups (broad SMARTS) is 1. The number of unbranched alkanes of at least 4 members (excludes halogenated alkanes) is 1. The number of carboxylic acids is 1. The minimum absolute atomic E-state index is 0.0944. The van der Waals surface area contributed by atoms with Crippen molar-refractivity contribution in [3.8, 4) is 0 Å². The van der Waals surface area contributed by atoms with Gasteiger partial charge in [0.05, 0.1) is 13.2 Å². The van der Waals surface area contributed by atoms with E-state index < -0.39 is 57.6 Å². The smallest absolute Gasteiger partial charge is 0.472 e. The maximum atomic E-state index is 12.1. The van der Waals surface area contributed by atoms with Crippen LogP contribution in [0.2, 0.25) is 0 Å². The van der Waals surface area contributed by atoms with Crippen molar-refractivity contribution in [3.05, 3.63) is 85.1 Å². The zero-order valence-corrected chi connectivity index (χ0v) is 28.7. The van der Waals surface area contributed by atoms with Crippen LogP contribution in [0.4, 0.5) is 0 Å². The quantitative estimate of drug-likeness (QED) is 0.0391. The van der Waals surface area contributed by atoms with Gasteiger partial charge >= 0.3 is 19.8 Å². The predicted molar refractivity (Wildman–Crippen MR) is 184 cm³/mol. The topological polar surface area (TPSA) is 169 Å². The molecule has 1 amide bonds. The van der Waals surface area contributed by atoms with E-state index in [2.05, 4.69) is 82.0 Å². The first-order chi connectivity index (χ1) is 22.6. The average molecular weight is 680 g/mol. The SMILES string of the molecule is CC/C=C\C/C=C\C/C=C\C/C=C\C/C=C\C/C=C\C/C=C\CC(=O)NC(COP(=O)(O)OCC(O)COC(=O)CCCC)C(=O)O. The van der Waals surface area contributed by atoms with E-state index in [9.17, 15) is 34.1 Å². The van der Waals surface area contributed by atoms with Crippen LogP contribution in [0.15, 0.2) is 85.1 Å². The molecule has 0 aromatic carbocycles. The van der Waals surface area contributed by atoms with Crippen molar-refractivity contribution < 1.29 is 47.8 Å². The Balaban J connectivity index is 4.17. The van der Waals surface area contributed by atoms with Crippen molar-refractivity contribution in [2.75, 3.05) is 19.8 Å². The number of phosphoric acid groups is 1. The lowest BCUT2D eigenvalue weighted by Gasteiger charge is -2.18. The number of phosphoric ester groups is 1. The summed E-state index contributed by atoms with van der Waals surface area (Å²) in [5, 5.41) is 21.3. The van der Waals surface area contributed by atoms with Gasteiger partial charge in [-0.05, 0) is 51.4 Å². The van der Waals surface area contributed by atoms with Gasteiger partial charge in [0.1, 0.15) is 12.7 Å². The molecule has 47 heavy (non-hydrogen) atoms. The molecule has 4 N–H and O–H groups in total. The monoisotopic (exact) mass is 679 g/mol. The Hall–Kier alpha value is -3.34. The number of rotatable bonds is 28. The van der Waals surface area contributed by atoms with E-state index in [1.807, 2.05) is 19.1 Å². The molecule has 0 bridgehead atoms. The van der Waals surface area contributed by atoms with Gasteiger partial charge in [-0.2, -0.15) is 0 Å². The Labute approximate surface area is 280 Å². The molecular formula is C35H54NO10P. The molecule has 3 atom stereocenters. The highest BCUT2D eigenvalue weighted by molar-refractivity contribution is 7.47. The summed E-state index contributed by atoms with van der Waals surface area (Å²) in [5.74, 6) is -2.61. The number of amides is 1. The second-order valence-corrected chi connectivity index (χ2v) is 11.7. The molecule has 11 nitrogen and oxygen atoms in total. The molecule has 0 rings (SSSR count). The van der Waals surface area contributed by atoms with Crippen LogP contribution < -0.4 is 5.32 Å². The molecule has 0 aromatic heterocycles.